The van der Waals surface area contributed by atoms with E-state index in [1.165, 1.54) is 18.6 Å². The maximum absolute atomic E-state index is 8.76. The molecule has 16 heavy (non-hydrogen) atoms. The highest BCUT2D eigenvalue weighted by Gasteiger charge is 2.14. The van der Waals surface area contributed by atoms with Crippen LogP contribution in [-0.4, -0.2) is 17.5 Å². The second-order valence-corrected chi connectivity index (χ2v) is 5.34. The number of hydrogen-bond donors (Lipinski definition) is 2. The molecule has 1 aliphatic rings. The van der Waals surface area contributed by atoms with E-state index in [0.29, 0.717) is 11.3 Å². The van der Waals surface area contributed by atoms with Crippen molar-refractivity contribution in [2.75, 3.05) is 23.3 Å². The summed E-state index contributed by atoms with van der Waals surface area (Å²) in [6.45, 7) is 0.982. The lowest BCUT2D eigenvalue weighted by Crippen LogP contribution is -2.13. The second kappa shape index (κ2) is 5.13. The summed E-state index contributed by atoms with van der Waals surface area (Å²) in [5.41, 5.74) is 7.84. The molecular weight excluding hydrogens is 218 g/mol. The van der Waals surface area contributed by atoms with Crippen LogP contribution in [0.25, 0.3) is 0 Å². The standard InChI is InChI=1S/C12H15N3S/c13-7-9-3-4-10(6-12(9)14)15-8-11-2-1-5-16-11/h3-4,6,11,15H,1-2,5,8,14H2. The van der Waals surface area contributed by atoms with E-state index in [1.54, 1.807) is 6.07 Å². The van der Waals surface area contributed by atoms with Gasteiger partial charge in [0.15, 0.2) is 0 Å². The zero-order valence-corrected chi connectivity index (χ0v) is 9.89. The molecule has 1 unspecified atom stereocenters. The quantitative estimate of drug-likeness (QED) is 0.787. The lowest BCUT2D eigenvalue weighted by atomic mass is 10.1. The summed E-state index contributed by atoms with van der Waals surface area (Å²) in [4.78, 5) is 0. The van der Waals surface area contributed by atoms with Gasteiger partial charge in [-0.3, -0.25) is 0 Å². The maximum atomic E-state index is 8.76. The predicted molar refractivity (Wildman–Crippen MR) is 69.5 cm³/mol. The van der Waals surface area contributed by atoms with E-state index >= 15 is 0 Å². The lowest BCUT2D eigenvalue weighted by Gasteiger charge is -2.11. The molecule has 0 spiro atoms. The third-order valence-electron chi connectivity index (χ3n) is 2.73. The van der Waals surface area contributed by atoms with Gasteiger partial charge in [-0.2, -0.15) is 17.0 Å². The van der Waals surface area contributed by atoms with Gasteiger partial charge in [-0.25, -0.2) is 0 Å². The van der Waals surface area contributed by atoms with Gasteiger partial charge < -0.3 is 11.1 Å². The molecule has 0 radical (unpaired) electrons. The summed E-state index contributed by atoms with van der Waals surface area (Å²) < 4.78 is 0. The minimum absolute atomic E-state index is 0.542. The normalized spacial score (nSPS) is 19.3. The number of rotatable bonds is 3. The molecule has 84 valence electrons. The monoisotopic (exact) mass is 233 g/mol. The molecule has 0 saturated carbocycles. The number of hydrogen-bond acceptors (Lipinski definition) is 4. The summed E-state index contributed by atoms with van der Waals surface area (Å²) in [5, 5.41) is 12.8. The molecule has 1 saturated heterocycles. The molecular formula is C12H15N3S. The first-order valence-electron chi connectivity index (χ1n) is 5.44. The number of nitrogens with zero attached hydrogens (tertiary/aromatic N) is 1. The Balaban J connectivity index is 1.94. The van der Waals surface area contributed by atoms with Crippen molar-refractivity contribution in [2.45, 2.75) is 18.1 Å². The number of nitrogens with one attached hydrogen (secondary N) is 1. The van der Waals surface area contributed by atoms with Crippen molar-refractivity contribution >= 4 is 23.1 Å². The van der Waals surface area contributed by atoms with E-state index < -0.39 is 0 Å². The summed E-state index contributed by atoms with van der Waals surface area (Å²) in [6.07, 6.45) is 2.62. The minimum atomic E-state index is 0.542. The van der Waals surface area contributed by atoms with Crippen LogP contribution in [0.1, 0.15) is 18.4 Å². The SMILES string of the molecule is N#Cc1ccc(NCC2CCCS2)cc1N. The van der Waals surface area contributed by atoms with Gasteiger partial charge in [0, 0.05) is 17.5 Å². The Hall–Kier alpha value is -1.34. The Morgan fingerprint density at radius 2 is 2.44 bits per heavy atom. The Morgan fingerprint density at radius 1 is 1.56 bits per heavy atom. The zero-order chi connectivity index (χ0) is 11.4. The zero-order valence-electron chi connectivity index (χ0n) is 9.07. The minimum Gasteiger partial charge on any atom is -0.398 e. The van der Waals surface area contributed by atoms with Gasteiger partial charge in [0.05, 0.1) is 11.3 Å². The van der Waals surface area contributed by atoms with Crippen LogP contribution in [0.2, 0.25) is 0 Å². The van der Waals surface area contributed by atoms with Gasteiger partial charge in [0.25, 0.3) is 0 Å². The Morgan fingerprint density at radius 3 is 3.06 bits per heavy atom. The van der Waals surface area contributed by atoms with E-state index in [9.17, 15) is 0 Å². The van der Waals surface area contributed by atoms with E-state index in [1.807, 2.05) is 23.9 Å². The fourth-order valence-electron chi connectivity index (χ4n) is 1.81. The first-order valence-corrected chi connectivity index (χ1v) is 6.49. The highest BCUT2D eigenvalue weighted by molar-refractivity contribution is 8.00. The summed E-state index contributed by atoms with van der Waals surface area (Å²) in [7, 11) is 0. The van der Waals surface area contributed by atoms with Crippen LogP contribution in [0.15, 0.2) is 18.2 Å². The number of nitrogens with two attached hydrogens (primary N) is 1. The van der Waals surface area contributed by atoms with E-state index in [-0.39, 0.29) is 0 Å². The average molecular weight is 233 g/mol. The van der Waals surface area contributed by atoms with Crippen molar-refractivity contribution in [3.63, 3.8) is 0 Å². The lowest BCUT2D eigenvalue weighted by molar-refractivity contribution is 0.805. The number of nitrogen functional groups attached to an aromatic ring is 1. The first-order chi connectivity index (χ1) is 7.79. The van der Waals surface area contributed by atoms with Crippen molar-refractivity contribution in [1.82, 2.24) is 0 Å². The molecule has 0 bridgehead atoms. The van der Waals surface area contributed by atoms with Crippen LogP contribution >= 0.6 is 11.8 Å². The average Bonchev–Trinajstić information content (AvgIpc) is 2.79. The van der Waals surface area contributed by atoms with Gasteiger partial charge in [0.1, 0.15) is 6.07 Å². The van der Waals surface area contributed by atoms with Crippen molar-refractivity contribution in [3.05, 3.63) is 23.8 Å². The van der Waals surface area contributed by atoms with Crippen molar-refractivity contribution in [1.29, 1.82) is 5.26 Å². The van der Waals surface area contributed by atoms with Gasteiger partial charge in [-0.05, 0) is 36.8 Å². The molecule has 3 nitrogen and oxygen atoms in total. The Bertz CT molecular complexity index is 405. The highest BCUT2D eigenvalue weighted by atomic mass is 32.2. The molecule has 1 fully saturated rings. The topological polar surface area (TPSA) is 61.8 Å². The van der Waals surface area contributed by atoms with Crippen LogP contribution in [0.4, 0.5) is 11.4 Å². The number of thioether (sulfide) groups is 1. The van der Waals surface area contributed by atoms with E-state index in [0.717, 1.165) is 17.5 Å². The van der Waals surface area contributed by atoms with Crippen LogP contribution in [0.3, 0.4) is 0 Å². The molecule has 0 amide bonds. The van der Waals surface area contributed by atoms with Gasteiger partial charge in [0.2, 0.25) is 0 Å². The van der Waals surface area contributed by atoms with E-state index in [2.05, 4.69) is 11.4 Å². The highest BCUT2D eigenvalue weighted by Crippen LogP contribution is 2.26. The van der Waals surface area contributed by atoms with Crippen molar-refractivity contribution < 1.29 is 0 Å². The van der Waals surface area contributed by atoms with Crippen LogP contribution in [-0.2, 0) is 0 Å². The molecule has 1 heterocycles. The van der Waals surface area contributed by atoms with Gasteiger partial charge in [-0.1, -0.05) is 0 Å². The third kappa shape index (κ3) is 2.61. The predicted octanol–water partition coefficient (Wildman–Crippen LogP) is 2.45. The number of anilines is 2. The maximum Gasteiger partial charge on any atom is 0.101 e. The third-order valence-corrected chi connectivity index (χ3v) is 4.13. The summed E-state index contributed by atoms with van der Waals surface area (Å²) >= 11 is 2.03. The Labute approximate surface area is 100 Å². The van der Waals surface area contributed by atoms with E-state index in [4.69, 9.17) is 11.0 Å². The summed E-state index contributed by atoms with van der Waals surface area (Å²) in [6, 6.07) is 7.57. The molecule has 1 aromatic carbocycles. The largest absolute Gasteiger partial charge is 0.398 e. The second-order valence-electron chi connectivity index (χ2n) is 3.93. The van der Waals surface area contributed by atoms with Gasteiger partial charge >= 0.3 is 0 Å². The molecule has 0 aliphatic carbocycles. The smallest absolute Gasteiger partial charge is 0.101 e. The number of benzene rings is 1. The molecule has 0 aromatic heterocycles. The molecule has 3 N–H and O–H groups in total. The molecule has 1 aliphatic heterocycles. The van der Waals surface area contributed by atoms with Crippen molar-refractivity contribution in [3.8, 4) is 6.07 Å². The molecule has 1 aromatic rings. The fourth-order valence-corrected chi connectivity index (χ4v) is 3.01. The molecule has 4 heteroatoms. The number of nitriles is 1. The van der Waals surface area contributed by atoms with Crippen LogP contribution in [0, 0.1) is 11.3 Å². The van der Waals surface area contributed by atoms with Gasteiger partial charge in [-0.15, -0.1) is 0 Å². The Kier molecular flexibility index (Phi) is 3.58. The van der Waals surface area contributed by atoms with Crippen LogP contribution in [0.5, 0.6) is 0 Å². The summed E-state index contributed by atoms with van der Waals surface area (Å²) in [5.74, 6) is 1.28. The van der Waals surface area contributed by atoms with Crippen LogP contribution < -0.4 is 11.1 Å². The molecule has 2 rings (SSSR count). The first kappa shape index (κ1) is 11.2. The molecule has 1 atom stereocenters. The fraction of sp³-hybridized carbons (Fsp3) is 0.417. The van der Waals surface area contributed by atoms with Crippen molar-refractivity contribution in [2.24, 2.45) is 0 Å².